The zero-order valence-electron chi connectivity index (χ0n) is 29.3. The van der Waals surface area contributed by atoms with Gasteiger partial charge in [0.2, 0.25) is 0 Å². The molecule has 2 aromatic carbocycles. The average molecular weight is 701 g/mol. The highest BCUT2D eigenvalue weighted by Crippen LogP contribution is 2.40. The number of benzene rings is 2. The summed E-state index contributed by atoms with van der Waals surface area (Å²) in [4.78, 5) is 58.0. The molecule has 266 valence electrons. The van der Waals surface area contributed by atoms with Crippen molar-refractivity contribution in [1.82, 2.24) is 19.8 Å². The molecule has 10 nitrogen and oxygen atoms in total. The van der Waals surface area contributed by atoms with Gasteiger partial charge in [0.25, 0.3) is 0 Å². The number of aromatic nitrogens is 2. The molecule has 0 radical (unpaired) electrons. The Morgan fingerprint density at radius 2 is 1.69 bits per heavy atom. The molecule has 0 saturated heterocycles. The Balaban J connectivity index is 2.21. The van der Waals surface area contributed by atoms with Crippen LogP contribution in [0.3, 0.4) is 0 Å². The van der Waals surface area contributed by atoms with E-state index in [1.165, 1.54) is 11.8 Å². The lowest BCUT2D eigenvalue weighted by Crippen LogP contribution is -2.49. The minimum atomic E-state index is -1.09. The van der Waals surface area contributed by atoms with Crippen LogP contribution in [0, 0.1) is 23.0 Å². The lowest BCUT2D eigenvalue weighted by Gasteiger charge is -2.41. The summed E-state index contributed by atoms with van der Waals surface area (Å²) < 4.78 is 41.7. The normalized spacial score (nSPS) is 12.9. The van der Waals surface area contributed by atoms with E-state index in [9.17, 15) is 23.6 Å². The monoisotopic (exact) mass is 700 g/mol. The van der Waals surface area contributed by atoms with Gasteiger partial charge in [0, 0.05) is 50.0 Å². The number of amides is 2. The van der Waals surface area contributed by atoms with E-state index in [0.717, 1.165) is 35.5 Å². The predicted octanol–water partition coefficient (Wildman–Crippen LogP) is 6.78. The number of imidazole rings is 1. The van der Waals surface area contributed by atoms with E-state index in [4.69, 9.17) is 14.5 Å². The van der Waals surface area contributed by atoms with E-state index < -0.39 is 52.6 Å². The second-order valence-corrected chi connectivity index (χ2v) is 14.9. The molecule has 0 aliphatic heterocycles. The van der Waals surface area contributed by atoms with Crippen LogP contribution in [-0.2, 0) is 30.4 Å². The van der Waals surface area contributed by atoms with E-state index >= 15 is 4.39 Å². The molecule has 49 heavy (non-hydrogen) atoms. The fourth-order valence-electron chi connectivity index (χ4n) is 5.22. The Hall–Kier alpha value is -4.26. The average Bonchev–Trinajstić information content (AvgIpc) is 3.40. The van der Waals surface area contributed by atoms with Crippen LogP contribution >= 0.6 is 11.8 Å². The third-order valence-corrected chi connectivity index (χ3v) is 8.25. The van der Waals surface area contributed by atoms with Gasteiger partial charge in [-0.05, 0) is 56.9 Å². The number of halogens is 2. The maximum atomic E-state index is 15.1. The molecule has 3 aromatic rings. The number of hydrogen-bond acceptors (Lipinski definition) is 8. The minimum Gasteiger partial charge on any atom is -0.459 e. The van der Waals surface area contributed by atoms with E-state index in [0.29, 0.717) is 5.82 Å². The van der Waals surface area contributed by atoms with Crippen molar-refractivity contribution in [3.8, 4) is 11.3 Å². The number of carbonyl (C=O) groups is 4. The highest BCUT2D eigenvalue weighted by molar-refractivity contribution is 8.13. The standard InChI is InChI=1S/C36H46F2N4O6S/c1-9-47-33(45)32(44)42(20-25(22-49-23(2)43)18-39-34(46)48-36(6,7)8)30(35(3,4)5)31-40-29(27-17-26(37)15-16-28(27)38)21-41(31)19-24-13-11-10-12-14-24/h10-17,21,25,30H,9,18-20,22H2,1-8H3,(H,39,46)/t25?,30-/m0/s1. The fraction of sp³-hybridized carbons (Fsp3) is 0.472. The molecule has 2 amide bonds. The van der Waals surface area contributed by atoms with Crippen LogP contribution in [0.4, 0.5) is 13.6 Å². The number of hydrogen-bond donors (Lipinski definition) is 1. The van der Waals surface area contributed by atoms with E-state index in [2.05, 4.69) is 5.32 Å². The van der Waals surface area contributed by atoms with Gasteiger partial charge in [-0.15, -0.1) is 0 Å². The van der Waals surface area contributed by atoms with Gasteiger partial charge in [-0.3, -0.25) is 9.59 Å². The summed E-state index contributed by atoms with van der Waals surface area (Å²) in [6.45, 7) is 13.9. The molecule has 1 heterocycles. The van der Waals surface area contributed by atoms with E-state index in [-0.39, 0.29) is 48.4 Å². The summed E-state index contributed by atoms with van der Waals surface area (Å²) in [5.41, 5.74) is -0.611. The molecule has 0 spiro atoms. The van der Waals surface area contributed by atoms with E-state index in [1.54, 1.807) is 38.5 Å². The quantitative estimate of drug-likeness (QED) is 0.162. The van der Waals surface area contributed by atoms with Gasteiger partial charge >= 0.3 is 18.0 Å². The fourth-order valence-corrected chi connectivity index (χ4v) is 5.91. The minimum absolute atomic E-state index is 0.0108. The summed E-state index contributed by atoms with van der Waals surface area (Å²) >= 11 is 1.02. The van der Waals surface area contributed by atoms with Crippen molar-refractivity contribution in [3.63, 3.8) is 0 Å². The highest BCUT2D eigenvalue weighted by Gasteiger charge is 2.42. The molecule has 0 fully saturated rings. The van der Waals surface area contributed by atoms with Crippen LogP contribution < -0.4 is 5.32 Å². The molecule has 0 saturated carbocycles. The first kappa shape index (κ1) is 39.2. The Morgan fingerprint density at radius 3 is 2.29 bits per heavy atom. The van der Waals surface area contributed by atoms with Crippen LogP contribution in [0.2, 0.25) is 0 Å². The molecule has 0 aliphatic rings. The largest absolute Gasteiger partial charge is 0.459 e. The second kappa shape index (κ2) is 16.9. The van der Waals surface area contributed by atoms with Gasteiger partial charge in [-0.2, -0.15) is 0 Å². The molecule has 1 N–H and O–H groups in total. The van der Waals surface area contributed by atoms with Gasteiger partial charge in [0.1, 0.15) is 23.1 Å². The molecule has 0 bridgehead atoms. The summed E-state index contributed by atoms with van der Waals surface area (Å²) in [5, 5.41) is 2.55. The van der Waals surface area contributed by atoms with Crippen LogP contribution in [0.5, 0.6) is 0 Å². The van der Waals surface area contributed by atoms with Gasteiger partial charge in [-0.25, -0.2) is 23.4 Å². The first-order valence-electron chi connectivity index (χ1n) is 16.0. The van der Waals surface area contributed by atoms with Crippen molar-refractivity contribution in [2.75, 3.05) is 25.4 Å². The smallest absolute Gasteiger partial charge is 0.407 e. The molecule has 0 aliphatic carbocycles. The Morgan fingerprint density at radius 1 is 1.02 bits per heavy atom. The molecular weight excluding hydrogens is 654 g/mol. The number of nitrogens with one attached hydrogen (secondary N) is 1. The molecule has 13 heteroatoms. The van der Waals surface area contributed by atoms with Crippen molar-refractivity contribution in [2.24, 2.45) is 11.3 Å². The number of nitrogens with zero attached hydrogens (tertiary/aromatic N) is 3. The van der Waals surface area contributed by atoms with Crippen LogP contribution in [-0.4, -0.2) is 68.6 Å². The SMILES string of the molecule is CCOC(=O)C(=O)N(CC(CNC(=O)OC(C)(C)C)CSC(C)=O)[C@@H](c1nc(-c2cc(F)ccc2F)cn1Cc1ccccc1)C(C)(C)C. The lowest BCUT2D eigenvalue weighted by atomic mass is 9.84. The third kappa shape index (κ3) is 11.7. The zero-order valence-corrected chi connectivity index (χ0v) is 30.2. The number of ether oxygens (including phenoxy) is 2. The van der Waals surface area contributed by atoms with Crippen molar-refractivity contribution in [2.45, 2.75) is 73.6 Å². The lowest BCUT2D eigenvalue weighted by molar-refractivity contribution is -0.163. The summed E-state index contributed by atoms with van der Waals surface area (Å²) in [6.07, 6.45) is 0.917. The first-order chi connectivity index (χ1) is 22.9. The number of alkyl carbamates (subject to hydrolysis) is 1. The molecule has 1 aromatic heterocycles. The highest BCUT2D eigenvalue weighted by atomic mass is 32.2. The summed E-state index contributed by atoms with van der Waals surface area (Å²) in [7, 11) is 0. The maximum Gasteiger partial charge on any atom is 0.407 e. The number of esters is 1. The van der Waals surface area contributed by atoms with Gasteiger partial charge in [0.15, 0.2) is 5.12 Å². The Bertz CT molecular complexity index is 1620. The van der Waals surface area contributed by atoms with Crippen molar-refractivity contribution < 1.29 is 37.4 Å². The second-order valence-electron chi connectivity index (χ2n) is 13.7. The molecule has 3 rings (SSSR count). The van der Waals surface area contributed by atoms with Gasteiger partial charge in [0.05, 0.1) is 18.3 Å². The summed E-state index contributed by atoms with van der Waals surface area (Å²) in [6, 6.07) is 11.6. The van der Waals surface area contributed by atoms with Gasteiger partial charge in [-0.1, -0.05) is 62.9 Å². The topological polar surface area (TPSA) is 120 Å². The van der Waals surface area contributed by atoms with Crippen LogP contribution in [0.15, 0.2) is 54.7 Å². The number of carbonyl (C=O) groups excluding carboxylic acids is 4. The first-order valence-corrected chi connectivity index (χ1v) is 17.0. The third-order valence-electron chi connectivity index (χ3n) is 7.21. The van der Waals surface area contributed by atoms with Crippen molar-refractivity contribution in [1.29, 1.82) is 0 Å². The summed E-state index contributed by atoms with van der Waals surface area (Å²) in [5.74, 6) is -3.40. The molecule has 1 unspecified atom stereocenters. The zero-order chi connectivity index (χ0) is 36.5. The number of rotatable bonds is 12. The Labute approximate surface area is 290 Å². The number of thioether (sulfide) groups is 1. The Kier molecular flexibility index (Phi) is 13.5. The van der Waals surface area contributed by atoms with Gasteiger partial charge < -0.3 is 24.3 Å². The van der Waals surface area contributed by atoms with Crippen molar-refractivity contribution >= 4 is 34.8 Å². The van der Waals surface area contributed by atoms with Crippen LogP contribution in [0.25, 0.3) is 11.3 Å². The van der Waals surface area contributed by atoms with Crippen LogP contribution in [0.1, 0.15) is 72.8 Å². The van der Waals surface area contributed by atoms with E-state index in [1.807, 2.05) is 51.1 Å². The predicted molar refractivity (Wildman–Crippen MR) is 185 cm³/mol. The maximum absolute atomic E-state index is 15.1. The molecule has 2 atom stereocenters. The molecular formula is C36H46F2N4O6S. The van der Waals surface area contributed by atoms with Crippen molar-refractivity contribution in [3.05, 3.63) is 77.8 Å².